The Kier molecular flexibility index (Phi) is 17.2. The van der Waals surface area contributed by atoms with Gasteiger partial charge in [-0.05, 0) is 159 Å². The normalized spacial score (nSPS) is 18.5. The second kappa shape index (κ2) is 24.3. The molecule has 0 spiro atoms. The number of carboxylic acids is 1. The Morgan fingerprint density at radius 2 is 1.08 bits per heavy atom. The molecule has 0 aromatic heterocycles. The molecule has 0 unspecified atom stereocenters. The molecule has 400 valence electrons. The molecule has 6 N–H and O–H groups in total. The van der Waals surface area contributed by atoms with E-state index in [1.807, 2.05) is 48.5 Å². The predicted molar refractivity (Wildman–Crippen MR) is 282 cm³/mol. The van der Waals surface area contributed by atoms with Crippen LogP contribution in [0, 0.1) is 11.6 Å². The van der Waals surface area contributed by atoms with Gasteiger partial charge in [-0.25, -0.2) is 13.6 Å². The number of amides is 1. The molecule has 0 bridgehead atoms. The first-order chi connectivity index (χ1) is 36.4. The van der Waals surface area contributed by atoms with Crippen molar-refractivity contribution >= 4 is 44.8 Å². The quantitative estimate of drug-likeness (QED) is 0.0661. The number of carbonyl (C=O) groups is 2. The van der Waals surface area contributed by atoms with Gasteiger partial charge < -0.3 is 55.3 Å². The fourth-order valence-corrected chi connectivity index (χ4v) is 10.0. The van der Waals surface area contributed by atoms with Gasteiger partial charge in [0.15, 0.2) is 11.4 Å². The van der Waals surface area contributed by atoms with Gasteiger partial charge in [0.2, 0.25) is 0 Å². The third kappa shape index (κ3) is 13.1. The lowest BCUT2D eigenvalue weighted by Gasteiger charge is -2.29. The first-order valence-corrected chi connectivity index (χ1v) is 25.9. The van der Waals surface area contributed by atoms with Crippen molar-refractivity contribution in [1.82, 2.24) is 15.1 Å². The summed E-state index contributed by atoms with van der Waals surface area (Å²) < 4.78 is 38.4. The van der Waals surface area contributed by atoms with Crippen LogP contribution in [0.5, 0.6) is 11.5 Å². The number of aliphatic carboxylic acids is 1. The monoisotopic (exact) mass is 1040 g/mol. The smallest absolute Gasteiger partial charge is 0.358 e. The molecule has 6 aliphatic rings. The van der Waals surface area contributed by atoms with Crippen LogP contribution in [0.1, 0.15) is 97.0 Å². The summed E-state index contributed by atoms with van der Waals surface area (Å²) in [6, 6.07) is 30.2. The topological polar surface area (TPSA) is 201 Å². The lowest BCUT2D eigenvalue weighted by molar-refractivity contribution is -0.129. The highest BCUT2D eigenvalue weighted by Crippen LogP contribution is 2.32. The van der Waals surface area contributed by atoms with Gasteiger partial charge in [-0.2, -0.15) is 0 Å². The van der Waals surface area contributed by atoms with Crippen molar-refractivity contribution in [2.45, 2.75) is 101 Å². The Morgan fingerprint density at radius 1 is 0.632 bits per heavy atom. The number of fused-ring (bicyclic) bond motifs is 6. The minimum atomic E-state index is -1.14. The Bertz CT molecular complexity index is 3070. The molecule has 1 amide bonds. The van der Waals surface area contributed by atoms with Crippen LogP contribution in [-0.4, -0.2) is 112 Å². The molecule has 4 atom stereocenters. The van der Waals surface area contributed by atoms with Crippen LogP contribution in [0.15, 0.2) is 120 Å². The molecule has 6 aromatic rings. The van der Waals surface area contributed by atoms with Crippen molar-refractivity contribution in [3.8, 4) is 11.5 Å². The first kappa shape index (κ1) is 53.7. The highest BCUT2D eigenvalue weighted by molar-refractivity contribution is 6.46. The second-order valence-electron chi connectivity index (χ2n) is 20.1. The van der Waals surface area contributed by atoms with E-state index in [0.29, 0.717) is 40.8 Å². The summed E-state index contributed by atoms with van der Waals surface area (Å²) in [5.41, 5.74) is 10.4. The van der Waals surface area contributed by atoms with Gasteiger partial charge in [0.25, 0.3) is 5.91 Å². The van der Waals surface area contributed by atoms with Gasteiger partial charge in [0.1, 0.15) is 42.5 Å². The SMILES string of the molecule is F.N[C@H](CN1CCCC1)[C@H](O)c1ccc(OC2CC2)cc1.O=C(N[C@H](CN1CCCC1)[C@H](O)c1ccc(OC2CC2)cc1)C1=NOCc2c1ccc1cc(F)ccc21.O=C(O)C1=NOCc2c1ccc1cc(F)ccc21. The van der Waals surface area contributed by atoms with E-state index in [1.165, 1.54) is 37.1 Å². The summed E-state index contributed by atoms with van der Waals surface area (Å²) in [6.45, 7) is 5.75. The molecule has 6 aromatic carbocycles. The van der Waals surface area contributed by atoms with E-state index in [9.17, 15) is 28.6 Å². The van der Waals surface area contributed by atoms with E-state index in [2.05, 4.69) is 25.4 Å². The summed E-state index contributed by atoms with van der Waals surface area (Å²) in [6.07, 6.45) is 8.36. The van der Waals surface area contributed by atoms with Crippen LogP contribution in [0.25, 0.3) is 21.5 Å². The number of rotatable bonds is 15. The van der Waals surface area contributed by atoms with E-state index >= 15 is 0 Å². The number of oxime groups is 2. The summed E-state index contributed by atoms with van der Waals surface area (Å²) >= 11 is 0. The van der Waals surface area contributed by atoms with Crippen molar-refractivity contribution in [1.29, 1.82) is 0 Å². The number of carbonyl (C=O) groups excluding carboxylic acids is 1. The molecule has 2 aliphatic carbocycles. The lowest BCUT2D eigenvalue weighted by atomic mass is 9.95. The van der Waals surface area contributed by atoms with Crippen molar-refractivity contribution in [2.75, 3.05) is 39.3 Å². The van der Waals surface area contributed by atoms with E-state index in [-0.39, 0.29) is 47.0 Å². The van der Waals surface area contributed by atoms with E-state index in [4.69, 9.17) is 30.0 Å². The average molecular weight is 1050 g/mol. The van der Waals surface area contributed by atoms with Crippen molar-refractivity contribution in [3.05, 3.63) is 154 Å². The molecular formula is C58H63F3N6O9. The summed E-state index contributed by atoms with van der Waals surface area (Å²) in [5.74, 6) is -0.530. The zero-order chi connectivity index (χ0) is 52.0. The molecule has 4 heterocycles. The highest BCUT2D eigenvalue weighted by atomic mass is 19.1. The molecule has 4 aliphatic heterocycles. The number of hydrogen-bond donors (Lipinski definition) is 5. The van der Waals surface area contributed by atoms with Crippen molar-refractivity contribution in [3.63, 3.8) is 0 Å². The predicted octanol–water partition coefficient (Wildman–Crippen LogP) is 8.20. The van der Waals surface area contributed by atoms with E-state index < -0.39 is 30.1 Å². The van der Waals surface area contributed by atoms with Gasteiger partial charge in [-0.15, -0.1) is 0 Å². The minimum Gasteiger partial charge on any atom is -0.490 e. The molecule has 2 saturated heterocycles. The molecule has 15 nitrogen and oxygen atoms in total. The van der Waals surface area contributed by atoms with Gasteiger partial charge in [-0.3, -0.25) is 9.50 Å². The maximum absolute atomic E-state index is 13.7. The van der Waals surface area contributed by atoms with Gasteiger partial charge >= 0.3 is 5.97 Å². The Balaban J connectivity index is 0.000000152. The van der Waals surface area contributed by atoms with Crippen LogP contribution in [0.4, 0.5) is 13.5 Å². The van der Waals surface area contributed by atoms with Crippen LogP contribution in [0.2, 0.25) is 0 Å². The minimum absolute atomic E-state index is 0. The van der Waals surface area contributed by atoms with Gasteiger partial charge in [-0.1, -0.05) is 71.0 Å². The Hall–Kier alpha value is -7.09. The fourth-order valence-electron chi connectivity index (χ4n) is 10.0. The summed E-state index contributed by atoms with van der Waals surface area (Å²) in [4.78, 5) is 39.5. The number of aliphatic hydroxyl groups excluding tert-OH is 2. The number of nitrogens with one attached hydrogen (secondary N) is 1. The zero-order valence-electron chi connectivity index (χ0n) is 42.0. The highest BCUT2D eigenvalue weighted by Gasteiger charge is 2.32. The number of aliphatic hydroxyl groups is 2. The van der Waals surface area contributed by atoms with Crippen LogP contribution in [-0.2, 0) is 32.5 Å². The molecule has 2 saturated carbocycles. The third-order valence-corrected chi connectivity index (χ3v) is 14.4. The molecular weight excluding hydrogens is 982 g/mol. The largest absolute Gasteiger partial charge is 0.490 e. The van der Waals surface area contributed by atoms with Crippen molar-refractivity contribution < 1.29 is 57.5 Å². The third-order valence-electron chi connectivity index (χ3n) is 14.4. The molecule has 4 fully saturated rings. The number of ether oxygens (including phenoxy) is 2. The number of nitrogens with zero attached hydrogens (tertiary/aromatic N) is 4. The molecule has 76 heavy (non-hydrogen) atoms. The van der Waals surface area contributed by atoms with Crippen LogP contribution in [0.3, 0.4) is 0 Å². The molecule has 0 radical (unpaired) electrons. The zero-order valence-corrected chi connectivity index (χ0v) is 42.0. The van der Waals surface area contributed by atoms with Crippen LogP contribution < -0.4 is 20.5 Å². The Morgan fingerprint density at radius 3 is 1.55 bits per heavy atom. The maximum Gasteiger partial charge on any atom is 0.358 e. The maximum atomic E-state index is 13.7. The van der Waals surface area contributed by atoms with E-state index in [1.54, 1.807) is 36.4 Å². The summed E-state index contributed by atoms with van der Waals surface area (Å²) in [7, 11) is 0. The number of benzene rings is 6. The fraction of sp³-hybridized carbons (Fsp3) is 0.379. The van der Waals surface area contributed by atoms with Gasteiger partial charge in [0, 0.05) is 41.4 Å². The number of nitrogens with two attached hydrogens (primary N) is 1. The number of likely N-dealkylation sites (tertiary alicyclic amines) is 2. The van der Waals surface area contributed by atoms with E-state index in [0.717, 1.165) is 116 Å². The van der Waals surface area contributed by atoms with Gasteiger partial charge in [0.05, 0.1) is 24.4 Å². The number of halogens is 3. The Labute approximate surface area is 438 Å². The van der Waals surface area contributed by atoms with Crippen molar-refractivity contribution in [2.24, 2.45) is 16.0 Å². The molecule has 12 rings (SSSR count). The van der Waals surface area contributed by atoms with Crippen LogP contribution >= 0.6 is 0 Å². The molecule has 18 heteroatoms. The lowest BCUT2D eigenvalue weighted by Crippen LogP contribution is -2.49. The second-order valence-corrected chi connectivity index (χ2v) is 20.1. The number of carboxylic acid groups (broad SMARTS) is 1. The standard InChI is InChI=1S/C29H30FN3O4.C16H24N2O2.C13H8FNO3.FH/c30-20-6-12-23-19(15-20)5-11-24-25(23)17-36-32-27(24)29(35)31-26(16-33-13-1-2-14-33)28(34)18-3-7-21(8-4-18)37-22-9-10-22;17-15(11-18-9-1-2-10-18)16(19)12-3-5-13(6-4-12)20-14-7-8-14;14-8-2-4-9-7(5-8)1-3-10-11(9)6-18-15-12(10)13(16)17;/h3-8,11-12,15,22,26,28,34H,1-2,9-10,13-14,16-17H2,(H,31,35);3-6,14-16,19H,1-2,7-11,17H2;1-5H,6H2,(H,16,17);1H/t26-,28-;15-,16-;;/m11../s1. The summed E-state index contributed by atoms with van der Waals surface area (Å²) in [5, 5.41) is 44.4. The first-order valence-electron chi connectivity index (χ1n) is 25.9. The number of hydrogen-bond acceptors (Lipinski definition) is 13. The average Bonchev–Trinajstić information content (AvgIpc) is 4.33.